The first-order valence-corrected chi connectivity index (χ1v) is 8.59. The van der Waals surface area contributed by atoms with Crippen LogP contribution in [0, 0.1) is 0 Å². The molecule has 1 unspecified atom stereocenters. The number of aromatic nitrogens is 2. The van der Waals surface area contributed by atoms with Gasteiger partial charge in [-0.05, 0) is 31.9 Å². The maximum Gasteiger partial charge on any atom is 0.397 e. The van der Waals surface area contributed by atoms with E-state index in [0.717, 1.165) is 19.9 Å². The molecular formula is C19H23F3N4O2. The molecule has 0 aliphatic carbocycles. The summed E-state index contributed by atoms with van der Waals surface area (Å²) in [6, 6.07) is 6.50. The molecular weight excluding hydrogens is 373 g/mol. The van der Waals surface area contributed by atoms with Gasteiger partial charge in [0, 0.05) is 20.2 Å². The Kier molecular flexibility index (Phi) is 5.86. The summed E-state index contributed by atoms with van der Waals surface area (Å²) in [6.07, 6.45) is -4.37. The Morgan fingerprint density at radius 3 is 2.25 bits per heavy atom. The van der Waals surface area contributed by atoms with Crippen LogP contribution in [0.1, 0.15) is 48.4 Å². The first kappa shape index (κ1) is 21.5. The van der Waals surface area contributed by atoms with Crippen molar-refractivity contribution >= 4 is 11.9 Å². The summed E-state index contributed by atoms with van der Waals surface area (Å²) in [7, 11) is 3.35. The Bertz CT molecular complexity index is 903. The number of carbonyl (C=O) groups excluding carboxylic acids is 1. The number of nitrogens with one attached hydrogen (secondary N) is 2. The van der Waals surface area contributed by atoms with Crippen molar-refractivity contribution < 1.29 is 18.0 Å². The molecule has 0 aliphatic heterocycles. The molecule has 0 saturated carbocycles. The van der Waals surface area contributed by atoms with Crippen molar-refractivity contribution in [1.82, 2.24) is 15.3 Å². The molecule has 9 heteroatoms. The largest absolute Gasteiger partial charge is 0.397 e. The standard InChI is InChI=1S/C19H23F3N4O2/c1-11(12-6-8-13(9-7-12)18(2,3)19(20,21)22)23-16(28)14-10-15(27)25-17(24-14)26(4)5/h6-11H,1-5H3,(H,23,28)(H,24,25,27). The van der Waals surface area contributed by atoms with Gasteiger partial charge in [0.1, 0.15) is 5.69 Å². The van der Waals surface area contributed by atoms with Crippen LogP contribution in [-0.2, 0) is 5.41 Å². The molecule has 1 aromatic carbocycles. The van der Waals surface area contributed by atoms with Crippen molar-refractivity contribution in [2.24, 2.45) is 0 Å². The summed E-state index contributed by atoms with van der Waals surface area (Å²) in [6.45, 7) is 3.93. The second-order valence-electron chi connectivity index (χ2n) is 7.29. The van der Waals surface area contributed by atoms with Gasteiger partial charge >= 0.3 is 6.18 Å². The Balaban J connectivity index is 2.18. The molecule has 1 atom stereocenters. The van der Waals surface area contributed by atoms with E-state index in [1.807, 2.05) is 0 Å². The summed E-state index contributed by atoms with van der Waals surface area (Å²) in [4.78, 5) is 32.3. The molecule has 1 amide bonds. The average molecular weight is 396 g/mol. The first-order valence-electron chi connectivity index (χ1n) is 8.59. The molecule has 152 valence electrons. The van der Waals surface area contributed by atoms with E-state index in [9.17, 15) is 22.8 Å². The van der Waals surface area contributed by atoms with Crippen LogP contribution in [-0.4, -0.2) is 36.1 Å². The molecule has 0 radical (unpaired) electrons. The van der Waals surface area contributed by atoms with Crippen LogP contribution in [0.4, 0.5) is 19.1 Å². The van der Waals surface area contributed by atoms with E-state index in [4.69, 9.17) is 0 Å². The first-order chi connectivity index (χ1) is 12.8. The number of benzene rings is 1. The van der Waals surface area contributed by atoms with Gasteiger partial charge in [0.15, 0.2) is 0 Å². The van der Waals surface area contributed by atoms with Crippen LogP contribution in [0.3, 0.4) is 0 Å². The molecule has 0 saturated heterocycles. The number of nitrogens with zero attached hydrogens (tertiary/aromatic N) is 2. The van der Waals surface area contributed by atoms with Crippen molar-refractivity contribution in [2.75, 3.05) is 19.0 Å². The number of H-pyrrole nitrogens is 1. The fourth-order valence-electron chi connectivity index (χ4n) is 2.48. The third kappa shape index (κ3) is 4.52. The molecule has 0 fully saturated rings. The van der Waals surface area contributed by atoms with Crippen LogP contribution in [0.2, 0.25) is 0 Å². The number of halogens is 3. The van der Waals surface area contributed by atoms with Gasteiger partial charge in [-0.25, -0.2) is 4.98 Å². The molecule has 0 bridgehead atoms. The summed E-state index contributed by atoms with van der Waals surface area (Å²) in [5.74, 6) is -0.314. The van der Waals surface area contributed by atoms with Crippen molar-refractivity contribution in [3.05, 3.63) is 57.5 Å². The lowest BCUT2D eigenvalue weighted by atomic mass is 9.83. The third-order valence-electron chi connectivity index (χ3n) is 4.57. The van der Waals surface area contributed by atoms with Gasteiger partial charge < -0.3 is 10.2 Å². The highest BCUT2D eigenvalue weighted by molar-refractivity contribution is 5.92. The zero-order chi connectivity index (χ0) is 21.3. The van der Waals surface area contributed by atoms with Gasteiger partial charge in [0.25, 0.3) is 11.5 Å². The van der Waals surface area contributed by atoms with E-state index >= 15 is 0 Å². The number of rotatable bonds is 5. The smallest absolute Gasteiger partial charge is 0.348 e. The zero-order valence-corrected chi connectivity index (χ0v) is 16.3. The Hall–Kier alpha value is -2.84. The molecule has 2 N–H and O–H groups in total. The zero-order valence-electron chi connectivity index (χ0n) is 16.3. The van der Waals surface area contributed by atoms with Crippen LogP contribution >= 0.6 is 0 Å². The van der Waals surface area contributed by atoms with E-state index in [2.05, 4.69) is 15.3 Å². The van der Waals surface area contributed by atoms with Crippen LogP contribution in [0.15, 0.2) is 35.1 Å². The molecule has 28 heavy (non-hydrogen) atoms. The Morgan fingerprint density at radius 1 is 1.18 bits per heavy atom. The number of hydrogen-bond donors (Lipinski definition) is 2. The molecule has 2 aromatic rings. The van der Waals surface area contributed by atoms with Crippen LogP contribution in [0.5, 0.6) is 0 Å². The second-order valence-corrected chi connectivity index (χ2v) is 7.29. The highest BCUT2D eigenvalue weighted by Gasteiger charge is 2.48. The fraction of sp³-hybridized carbons (Fsp3) is 0.421. The molecule has 1 aromatic heterocycles. The SMILES string of the molecule is CC(NC(=O)c1cc(=O)[nH]c(N(C)C)n1)c1ccc(C(C)(C)C(F)(F)F)cc1. The van der Waals surface area contributed by atoms with Gasteiger partial charge in [-0.3, -0.25) is 14.6 Å². The number of amides is 1. The number of alkyl halides is 3. The highest BCUT2D eigenvalue weighted by atomic mass is 19.4. The molecule has 0 aliphatic rings. The highest BCUT2D eigenvalue weighted by Crippen LogP contribution is 2.40. The van der Waals surface area contributed by atoms with E-state index in [1.54, 1.807) is 38.1 Å². The minimum Gasteiger partial charge on any atom is -0.348 e. The Labute approximate surface area is 160 Å². The summed E-state index contributed by atoms with van der Waals surface area (Å²) < 4.78 is 39.5. The summed E-state index contributed by atoms with van der Waals surface area (Å²) in [5, 5.41) is 2.70. The lowest BCUT2D eigenvalue weighted by Crippen LogP contribution is -2.36. The fourth-order valence-corrected chi connectivity index (χ4v) is 2.48. The van der Waals surface area contributed by atoms with E-state index in [1.165, 1.54) is 12.1 Å². The predicted octanol–water partition coefficient (Wildman–Crippen LogP) is 3.17. The molecule has 6 nitrogen and oxygen atoms in total. The van der Waals surface area contributed by atoms with E-state index < -0.39 is 29.1 Å². The number of carbonyl (C=O) groups is 1. The van der Waals surface area contributed by atoms with Gasteiger partial charge in [0.05, 0.1) is 11.5 Å². The second kappa shape index (κ2) is 7.65. The number of aromatic amines is 1. The quantitative estimate of drug-likeness (QED) is 0.814. The van der Waals surface area contributed by atoms with Gasteiger partial charge in [-0.15, -0.1) is 0 Å². The normalized spacial score (nSPS) is 13.1. The molecule has 2 rings (SSSR count). The van der Waals surface area contributed by atoms with Gasteiger partial charge in [-0.2, -0.15) is 13.2 Å². The summed E-state index contributed by atoms with van der Waals surface area (Å²) >= 11 is 0. The average Bonchev–Trinajstić information content (AvgIpc) is 2.60. The predicted molar refractivity (Wildman–Crippen MR) is 101 cm³/mol. The van der Waals surface area contributed by atoms with Crippen molar-refractivity contribution in [3.8, 4) is 0 Å². The molecule has 0 spiro atoms. The Morgan fingerprint density at radius 2 is 1.75 bits per heavy atom. The number of anilines is 1. The lowest BCUT2D eigenvalue weighted by molar-refractivity contribution is -0.180. The van der Waals surface area contributed by atoms with E-state index in [0.29, 0.717) is 5.56 Å². The van der Waals surface area contributed by atoms with Gasteiger partial charge in [0.2, 0.25) is 5.95 Å². The third-order valence-corrected chi connectivity index (χ3v) is 4.57. The van der Waals surface area contributed by atoms with Crippen molar-refractivity contribution in [1.29, 1.82) is 0 Å². The maximum atomic E-state index is 13.2. The van der Waals surface area contributed by atoms with Crippen molar-refractivity contribution in [2.45, 2.75) is 38.4 Å². The maximum absolute atomic E-state index is 13.2. The van der Waals surface area contributed by atoms with E-state index in [-0.39, 0.29) is 17.2 Å². The van der Waals surface area contributed by atoms with Crippen LogP contribution < -0.4 is 15.8 Å². The monoisotopic (exact) mass is 396 g/mol. The van der Waals surface area contributed by atoms with Crippen molar-refractivity contribution in [3.63, 3.8) is 0 Å². The minimum absolute atomic E-state index is 0.0471. The number of hydrogen-bond acceptors (Lipinski definition) is 4. The minimum atomic E-state index is -4.37. The lowest BCUT2D eigenvalue weighted by Gasteiger charge is -2.28. The van der Waals surface area contributed by atoms with Crippen LogP contribution in [0.25, 0.3) is 0 Å². The molecule has 1 heterocycles. The summed E-state index contributed by atoms with van der Waals surface area (Å²) in [5.41, 5.74) is -1.72. The topological polar surface area (TPSA) is 78.1 Å². The van der Waals surface area contributed by atoms with Gasteiger partial charge in [-0.1, -0.05) is 24.3 Å².